The van der Waals surface area contributed by atoms with Gasteiger partial charge >= 0.3 is 0 Å². The fourth-order valence-electron chi connectivity index (χ4n) is 4.12. The van der Waals surface area contributed by atoms with Crippen molar-refractivity contribution in [1.82, 2.24) is 0 Å². The zero-order chi connectivity index (χ0) is 19.4. The highest BCUT2D eigenvalue weighted by molar-refractivity contribution is 8.14. The predicted molar refractivity (Wildman–Crippen MR) is 106 cm³/mol. The van der Waals surface area contributed by atoms with Gasteiger partial charge in [-0.15, -0.1) is 11.8 Å². The first-order valence-corrected chi connectivity index (χ1v) is 9.97. The van der Waals surface area contributed by atoms with Crippen LogP contribution in [0.1, 0.15) is 42.5 Å². The zero-order valence-electron chi connectivity index (χ0n) is 15.0. The van der Waals surface area contributed by atoms with Crippen molar-refractivity contribution in [2.75, 3.05) is 5.75 Å². The number of amides is 1. The standard InChI is InChI=1S/C20H22N4O2S/c21-11-14-17(22)24-19(27-12-15(25)13-7-3-1-4-8-13)16(18(23)26)20(14)9-5-2-6-10-20/h1,3-4,7-8,16H,2,5-6,9-10,12,22H2,(H2,23,26)/t16-/m1/s1. The van der Waals surface area contributed by atoms with E-state index >= 15 is 0 Å². The first-order chi connectivity index (χ1) is 13.0. The molecule has 0 radical (unpaired) electrons. The first kappa shape index (κ1) is 19.2. The van der Waals surface area contributed by atoms with Crippen molar-refractivity contribution >= 4 is 28.5 Å². The Bertz CT molecular complexity index is 848. The molecule has 1 aliphatic carbocycles. The fraction of sp³-hybridized carbons (Fsp3) is 0.400. The Morgan fingerprint density at radius 2 is 1.89 bits per heavy atom. The van der Waals surface area contributed by atoms with Crippen LogP contribution in [0.15, 0.2) is 46.7 Å². The molecule has 1 saturated carbocycles. The number of carbonyl (C=O) groups excluding carboxylic acids is 2. The third-order valence-corrected chi connectivity index (χ3v) is 6.40. The van der Waals surface area contributed by atoms with Gasteiger partial charge in [0.1, 0.15) is 5.82 Å². The minimum absolute atomic E-state index is 0.0576. The van der Waals surface area contributed by atoms with Crippen LogP contribution in [0.5, 0.6) is 0 Å². The summed E-state index contributed by atoms with van der Waals surface area (Å²) in [6.45, 7) is 0. The monoisotopic (exact) mass is 382 g/mol. The molecule has 140 valence electrons. The van der Waals surface area contributed by atoms with E-state index in [0.717, 1.165) is 19.3 Å². The first-order valence-electron chi connectivity index (χ1n) is 8.99. The third-order valence-electron chi connectivity index (χ3n) is 5.37. The highest BCUT2D eigenvalue weighted by atomic mass is 32.2. The Morgan fingerprint density at radius 1 is 1.22 bits per heavy atom. The van der Waals surface area contributed by atoms with Crippen LogP contribution in [-0.2, 0) is 4.79 Å². The molecule has 1 aromatic carbocycles. The van der Waals surface area contributed by atoms with Gasteiger partial charge in [-0.1, -0.05) is 49.6 Å². The molecule has 27 heavy (non-hydrogen) atoms. The number of carbonyl (C=O) groups is 2. The van der Waals surface area contributed by atoms with E-state index in [9.17, 15) is 14.9 Å². The topological polar surface area (TPSA) is 122 Å². The Labute approximate surface area is 162 Å². The van der Waals surface area contributed by atoms with Crippen molar-refractivity contribution in [3.05, 3.63) is 47.3 Å². The van der Waals surface area contributed by atoms with Gasteiger partial charge in [-0.05, 0) is 12.8 Å². The van der Waals surface area contributed by atoms with Crippen molar-refractivity contribution in [1.29, 1.82) is 5.26 Å². The summed E-state index contributed by atoms with van der Waals surface area (Å²) < 4.78 is 0. The highest BCUT2D eigenvalue weighted by Crippen LogP contribution is 2.52. The van der Waals surface area contributed by atoms with E-state index in [1.807, 2.05) is 6.07 Å². The van der Waals surface area contributed by atoms with E-state index in [1.165, 1.54) is 11.8 Å². The lowest BCUT2D eigenvalue weighted by atomic mass is 9.61. The predicted octanol–water partition coefficient (Wildman–Crippen LogP) is 2.76. The summed E-state index contributed by atoms with van der Waals surface area (Å²) in [7, 11) is 0. The van der Waals surface area contributed by atoms with E-state index in [1.54, 1.807) is 24.3 Å². The molecule has 1 spiro atoms. The molecule has 0 aromatic heterocycles. The van der Waals surface area contributed by atoms with Gasteiger partial charge in [-0.25, -0.2) is 4.99 Å². The Morgan fingerprint density at radius 3 is 2.48 bits per heavy atom. The molecule has 1 heterocycles. The highest BCUT2D eigenvalue weighted by Gasteiger charge is 2.51. The molecule has 0 unspecified atom stereocenters. The van der Waals surface area contributed by atoms with Crippen LogP contribution >= 0.6 is 11.8 Å². The van der Waals surface area contributed by atoms with E-state index in [4.69, 9.17) is 11.5 Å². The maximum atomic E-state index is 12.4. The lowest BCUT2D eigenvalue weighted by Crippen LogP contribution is -2.48. The number of aliphatic imine (C=N–C) groups is 1. The molecule has 1 aromatic rings. The normalized spacial score (nSPS) is 21.4. The lowest BCUT2D eigenvalue weighted by molar-refractivity contribution is -0.123. The van der Waals surface area contributed by atoms with Crippen molar-refractivity contribution in [2.45, 2.75) is 32.1 Å². The van der Waals surface area contributed by atoms with Crippen LogP contribution < -0.4 is 11.5 Å². The molecule has 6 nitrogen and oxygen atoms in total. The number of primary amides is 1. The van der Waals surface area contributed by atoms with Crippen LogP contribution in [0.25, 0.3) is 0 Å². The van der Waals surface area contributed by atoms with Gasteiger partial charge < -0.3 is 11.5 Å². The minimum atomic E-state index is -0.715. The van der Waals surface area contributed by atoms with Gasteiger partial charge in [0, 0.05) is 11.0 Å². The van der Waals surface area contributed by atoms with Gasteiger partial charge in [0.2, 0.25) is 5.91 Å². The lowest BCUT2D eigenvalue weighted by Gasteiger charge is -2.44. The number of hydrogen-bond donors (Lipinski definition) is 2. The van der Waals surface area contributed by atoms with Crippen LogP contribution in [0.3, 0.4) is 0 Å². The van der Waals surface area contributed by atoms with Crippen LogP contribution in [0, 0.1) is 22.7 Å². The van der Waals surface area contributed by atoms with Crippen LogP contribution in [0.2, 0.25) is 0 Å². The van der Waals surface area contributed by atoms with Crippen molar-refractivity contribution in [3.63, 3.8) is 0 Å². The molecule has 1 fully saturated rings. The zero-order valence-corrected chi connectivity index (χ0v) is 15.8. The second-order valence-corrected chi connectivity index (χ2v) is 7.95. The van der Waals surface area contributed by atoms with Gasteiger partial charge in [0.15, 0.2) is 5.78 Å². The Kier molecular flexibility index (Phi) is 5.66. The SMILES string of the molecule is N#CC1=C(N)N=C(SCC(=O)c2ccccc2)[C@@H](C(N)=O)C12CCCCC2. The molecular formula is C20H22N4O2S. The molecule has 1 aliphatic heterocycles. The summed E-state index contributed by atoms with van der Waals surface area (Å²) in [5.41, 5.74) is 12.1. The van der Waals surface area contributed by atoms with Crippen molar-refractivity contribution < 1.29 is 9.59 Å². The summed E-state index contributed by atoms with van der Waals surface area (Å²) >= 11 is 1.20. The smallest absolute Gasteiger partial charge is 0.228 e. The van der Waals surface area contributed by atoms with Gasteiger partial charge in [-0.3, -0.25) is 9.59 Å². The molecule has 0 bridgehead atoms. The molecule has 3 rings (SSSR count). The maximum Gasteiger partial charge on any atom is 0.228 e. The second kappa shape index (κ2) is 7.97. The second-order valence-electron chi connectivity index (χ2n) is 6.95. The van der Waals surface area contributed by atoms with Gasteiger partial charge in [-0.2, -0.15) is 5.26 Å². The molecule has 1 atom stereocenters. The summed E-state index contributed by atoms with van der Waals surface area (Å²) in [4.78, 5) is 29.2. The molecule has 4 N–H and O–H groups in total. The molecule has 1 amide bonds. The fourth-order valence-corrected chi connectivity index (χ4v) is 5.24. The molecule has 0 saturated heterocycles. The molecule has 2 aliphatic rings. The van der Waals surface area contributed by atoms with E-state index in [-0.39, 0.29) is 17.4 Å². The largest absolute Gasteiger partial charge is 0.383 e. The average molecular weight is 382 g/mol. The Hall–Kier alpha value is -2.59. The quantitative estimate of drug-likeness (QED) is 0.775. The van der Waals surface area contributed by atoms with Crippen molar-refractivity contribution in [3.8, 4) is 6.07 Å². The number of nitriles is 1. The summed E-state index contributed by atoms with van der Waals surface area (Å²) in [6, 6.07) is 11.1. The van der Waals surface area contributed by atoms with E-state index < -0.39 is 17.2 Å². The van der Waals surface area contributed by atoms with Gasteiger partial charge in [0.05, 0.1) is 28.4 Å². The number of benzene rings is 1. The number of rotatable bonds is 4. The van der Waals surface area contributed by atoms with Gasteiger partial charge in [0.25, 0.3) is 0 Å². The molecular weight excluding hydrogens is 360 g/mol. The van der Waals surface area contributed by atoms with E-state index in [0.29, 0.717) is 29.0 Å². The Balaban J connectivity index is 1.91. The number of thioether (sulfide) groups is 1. The average Bonchev–Trinajstić information content (AvgIpc) is 2.67. The number of ketones is 1. The number of nitrogens with two attached hydrogens (primary N) is 2. The summed E-state index contributed by atoms with van der Waals surface area (Å²) in [5.74, 6) is -1.01. The summed E-state index contributed by atoms with van der Waals surface area (Å²) in [6.07, 6.45) is 4.22. The van der Waals surface area contributed by atoms with Crippen LogP contribution in [-0.4, -0.2) is 22.5 Å². The summed E-state index contributed by atoms with van der Waals surface area (Å²) in [5, 5.41) is 10.1. The van der Waals surface area contributed by atoms with E-state index in [2.05, 4.69) is 11.1 Å². The number of nitrogens with zero attached hydrogens (tertiary/aromatic N) is 2. The molecule has 7 heteroatoms. The number of hydrogen-bond acceptors (Lipinski definition) is 6. The van der Waals surface area contributed by atoms with Crippen molar-refractivity contribution in [2.24, 2.45) is 27.8 Å². The van der Waals surface area contributed by atoms with Crippen LogP contribution in [0.4, 0.5) is 0 Å². The third kappa shape index (κ3) is 3.62. The number of allylic oxidation sites excluding steroid dienone is 1. The maximum absolute atomic E-state index is 12.4. The minimum Gasteiger partial charge on any atom is -0.383 e. The number of Topliss-reactive ketones (excluding diaryl/α,β-unsaturated/α-hetero) is 1.